The highest BCUT2D eigenvalue weighted by molar-refractivity contribution is 5.92. The number of hydrogen-bond acceptors (Lipinski definition) is 3. The van der Waals surface area contributed by atoms with Crippen molar-refractivity contribution in [2.24, 2.45) is 0 Å². The summed E-state index contributed by atoms with van der Waals surface area (Å²) in [6.07, 6.45) is 3.77. The lowest BCUT2D eigenvalue weighted by molar-refractivity contribution is 0.0750. The molecule has 2 rings (SSSR count). The van der Waals surface area contributed by atoms with Gasteiger partial charge >= 0.3 is 0 Å². The zero-order valence-corrected chi connectivity index (χ0v) is 7.62. The second kappa shape index (κ2) is 3.20. The van der Waals surface area contributed by atoms with Gasteiger partial charge in [-0.2, -0.15) is 0 Å². The molecule has 1 saturated heterocycles. The van der Waals surface area contributed by atoms with Crippen molar-refractivity contribution >= 4 is 5.91 Å². The van der Waals surface area contributed by atoms with Crippen molar-refractivity contribution in [1.29, 1.82) is 0 Å². The van der Waals surface area contributed by atoms with E-state index in [0.717, 1.165) is 31.5 Å². The van der Waals surface area contributed by atoms with Crippen molar-refractivity contribution in [3.8, 4) is 0 Å². The Bertz CT molecular complexity index is 313. The number of likely N-dealkylation sites (tertiary alicyclic amines) is 1. The summed E-state index contributed by atoms with van der Waals surface area (Å²) in [4.78, 5) is 13.5. The third-order valence-corrected chi connectivity index (χ3v) is 2.34. The highest BCUT2D eigenvalue weighted by Crippen LogP contribution is 2.14. The van der Waals surface area contributed by atoms with E-state index in [1.807, 2.05) is 11.8 Å². The number of carbonyl (C=O) groups is 1. The fraction of sp³-hybridized carbons (Fsp3) is 0.556. The molecule has 1 aromatic rings. The van der Waals surface area contributed by atoms with Gasteiger partial charge in [-0.05, 0) is 19.8 Å². The topological polar surface area (TPSA) is 46.3 Å². The summed E-state index contributed by atoms with van der Waals surface area (Å²) in [5, 5.41) is 3.59. The lowest BCUT2D eigenvalue weighted by Gasteiger charge is -2.12. The first kappa shape index (κ1) is 8.29. The third-order valence-electron chi connectivity index (χ3n) is 2.34. The van der Waals surface area contributed by atoms with E-state index in [1.165, 1.54) is 0 Å². The Morgan fingerprint density at radius 3 is 2.77 bits per heavy atom. The zero-order chi connectivity index (χ0) is 9.26. The maximum absolute atomic E-state index is 11.7. The van der Waals surface area contributed by atoms with Gasteiger partial charge in [-0.15, -0.1) is 0 Å². The smallest absolute Gasteiger partial charge is 0.292 e. The van der Waals surface area contributed by atoms with Gasteiger partial charge in [-0.3, -0.25) is 4.79 Å². The Kier molecular flexibility index (Phi) is 2.04. The lowest BCUT2D eigenvalue weighted by atomic mass is 10.3. The van der Waals surface area contributed by atoms with Crippen LogP contribution >= 0.6 is 0 Å². The second-order valence-corrected chi connectivity index (χ2v) is 3.34. The summed E-state index contributed by atoms with van der Waals surface area (Å²) in [5.41, 5.74) is 0.817. The Balaban J connectivity index is 2.17. The number of amides is 1. The van der Waals surface area contributed by atoms with Crippen LogP contribution in [-0.4, -0.2) is 29.1 Å². The van der Waals surface area contributed by atoms with E-state index >= 15 is 0 Å². The highest BCUT2D eigenvalue weighted by atomic mass is 16.5. The van der Waals surface area contributed by atoms with Crippen LogP contribution in [0.1, 0.15) is 29.0 Å². The van der Waals surface area contributed by atoms with E-state index in [2.05, 4.69) is 5.16 Å². The van der Waals surface area contributed by atoms with Crippen molar-refractivity contribution in [3.63, 3.8) is 0 Å². The van der Waals surface area contributed by atoms with Gasteiger partial charge in [0.15, 0.2) is 0 Å². The van der Waals surface area contributed by atoms with Crippen LogP contribution in [0.2, 0.25) is 0 Å². The first-order valence-corrected chi connectivity index (χ1v) is 4.49. The molecule has 0 N–H and O–H groups in total. The third kappa shape index (κ3) is 1.43. The Hall–Kier alpha value is -1.32. The number of hydrogen-bond donors (Lipinski definition) is 0. The minimum Gasteiger partial charge on any atom is -0.351 e. The predicted octanol–water partition coefficient (Wildman–Crippen LogP) is 1.22. The fourth-order valence-corrected chi connectivity index (χ4v) is 1.56. The van der Waals surface area contributed by atoms with Crippen LogP contribution in [0.4, 0.5) is 0 Å². The van der Waals surface area contributed by atoms with E-state index in [1.54, 1.807) is 6.20 Å². The number of rotatable bonds is 1. The van der Waals surface area contributed by atoms with Gasteiger partial charge in [0.25, 0.3) is 5.91 Å². The highest BCUT2D eigenvalue weighted by Gasteiger charge is 2.23. The van der Waals surface area contributed by atoms with Crippen LogP contribution in [0.25, 0.3) is 0 Å². The summed E-state index contributed by atoms with van der Waals surface area (Å²) in [6.45, 7) is 3.53. The maximum atomic E-state index is 11.7. The van der Waals surface area contributed by atoms with Gasteiger partial charge in [-0.1, -0.05) is 5.16 Å². The molecule has 1 fully saturated rings. The molecule has 13 heavy (non-hydrogen) atoms. The van der Waals surface area contributed by atoms with Crippen molar-refractivity contribution in [1.82, 2.24) is 10.1 Å². The molecule has 1 aliphatic rings. The van der Waals surface area contributed by atoms with Crippen LogP contribution in [0.3, 0.4) is 0 Å². The maximum Gasteiger partial charge on any atom is 0.292 e. The summed E-state index contributed by atoms with van der Waals surface area (Å²) in [5.74, 6) is 0.370. The molecule has 0 atom stereocenters. The minimum absolute atomic E-state index is 0.0208. The second-order valence-electron chi connectivity index (χ2n) is 3.34. The lowest BCUT2D eigenvalue weighted by Crippen LogP contribution is -2.27. The Morgan fingerprint density at radius 1 is 1.54 bits per heavy atom. The largest absolute Gasteiger partial charge is 0.351 e. The molecule has 1 aliphatic heterocycles. The molecule has 0 bridgehead atoms. The number of aromatic nitrogens is 1. The summed E-state index contributed by atoms with van der Waals surface area (Å²) in [7, 11) is 0. The van der Waals surface area contributed by atoms with Gasteiger partial charge in [0, 0.05) is 18.7 Å². The van der Waals surface area contributed by atoms with E-state index in [4.69, 9.17) is 4.52 Å². The molecule has 0 unspecified atom stereocenters. The summed E-state index contributed by atoms with van der Waals surface area (Å²) in [6, 6.07) is 0. The molecule has 0 aromatic carbocycles. The van der Waals surface area contributed by atoms with E-state index in [-0.39, 0.29) is 5.91 Å². The Morgan fingerprint density at radius 2 is 2.23 bits per heavy atom. The normalized spacial score (nSPS) is 16.5. The summed E-state index contributed by atoms with van der Waals surface area (Å²) < 4.78 is 4.90. The van der Waals surface area contributed by atoms with Crippen molar-refractivity contribution in [2.75, 3.05) is 13.1 Å². The molecule has 0 spiro atoms. The fourth-order valence-electron chi connectivity index (χ4n) is 1.56. The molecule has 0 radical (unpaired) electrons. The summed E-state index contributed by atoms with van der Waals surface area (Å²) >= 11 is 0. The Labute approximate surface area is 76.5 Å². The molecular weight excluding hydrogens is 168 g/mol. The predicted molar refractivity (Wildman–Crippen MR) is 46.4 cm³/mol. The zero-order valence-electron chi connectivity index (χ0n) is 7.62. The monoisotopic (exact) mass is 180 g/mol. The molecule has 0 aliphatic carbocycles. The first-order chi connectivity index (χ1) is 6.29. The van der Waals surface area contributed by atoms with Crippen molar-refractivity contribution in [3.05, 3.63) is 17.5 Å². The number of aryl methyl sites for hydroxylation is 1. The molecule has 4 heteroatoms. The van der Waals surface area contributed by atoms with Crippen LogP contribution in [0, 0.1) is 6.92 Å². The van der Waals surface area contributed by atoms with Gasteiger partial charge in [0.1, 0.15) is 0 Å². The van der Waals surface area contributed by atoms with Crippen LogP contribution < -0.4 is 0 Å². The molecule has 0 saturated carbocycles. The molecule has 1 aromatic heterocycles. The van der Waals surface area contributed by atoms with E-state index in [0.29, 0.717) is 5.76 Å². The van der Waals surface area contributed by atoms with Gasteiger partial charge in [-0.25, -0.2) is 0 Å². The molecule has 4 nitrogen and oxygen atoms in total. The van der Waals surface area contributed by atoms with Gasteiger partial charge in [0.2, 0.25) is 5.76 Å². The van der Waals surface area contributed by atoms with Crippen LogP contribution in [-0.2, 0) is 0 Å². The van der Waals surface area contributed by atoms with Gasteiger partial charge in [0.05, 0.1) is 6.20 Å². The van der Waals surface area contributed by atoms with Crippen LogP contribution in [0.5, 0.6) is 0 Å². The minimum atomic E-state index is -0.0208. The van der Waals surface area contributed by atoms with Crippen molar-refractivity contribution < 1.29 is 9.32 Å². The number of carbonyl (C=O) groups excluding carboxylic acids is 1. The van der Waals surface area contributed by atoms with Crippen molar-refractivity contribution in [2.45, 2.75) is 19.8 Å². The molecular formula is C9H12N2O2. The first-order valence-electron chi connectivity index (χ1n) is 4.49. The molecule has 70 valence electrons. The van der Waals surface area contributed by atoms with E-state index < -0.39 is 0 Å². The number of nitrogens with zero attached hydrogens (tertiary/aromatic N) is 2. The SMILES string of the molecule is Cc1cnoc1C(=O)N1CCCC1. The average Bonchev–Trinajstić information content (AvgIpc) is 2.72. The van der Waals surface area contributed by atoms with Gasteiger partial charge < -0.3 is 9.42 Å². The average molecular weight is 180 g/mol. The standard InChI is InChI=1S/C9H12N2O2/c1-7-6-10-13-8(7)9(12)11-4-2-3-5-11/h6H,2-5H2,1H3. The van der Waals surface area contributed by atoms with E-state index in [9.17, 15) is 4.79 Å². The quantitative estimate of drug-likeness (QED) is 0.652. The molecule has 1 amide bonds. The van der Waals surface area contributed by atoms with Crippen LogP contribution in [0.15, 0.2) is 10.7 Å². The molecule has 2 heterocycles.